The molecule has 0 radical (unpaired) electrons. The Morgan fingerprint density at radius 2 is 1.89 bits per heavy atom. The first kappa shape index (κ1) is 18.7. The van der Waals surface area contributed by atoms with Crippen LogP contribution in [-0.2, 0) is 15.9 Å². The molecule has 1 atom stereocenters. The van der Waals surface area contributed by atoms with Crippen LogP contribution in [-0.4, -0.2) is 56.2 Å². The highest BCUT2D eigenvalue weighted by Gasteiger charge is 2.28. The molecule has 0 aromatic heterocycles. The molecular weight excluding hydrogens is 356 g/mol. The summed E-state index contributed by atoms with van der Waals surface area (Å²) in [6, 6.07) is 14.9. The molecule has 0 spiro atoms. The average Bonchev–Trinajstić information content (AvgIpc) is 2.74. The number of carbonyl (C=O) groups excluding carboxylic acids is 2. The Morgan fingerprint density at radius 1 is 1.11 bits per heavy atom. The van der Waals surface area contributed by atoms with Gasteiger partial charge in [-0.3, -0.25) is 9.69 Å². The summed E-state index contributed by atoms with van der Waals surface area (Å²) in [7, 11) is 0. The van der Waals surface area contributed by atoms with Crippen LogP contribution in [0.15, 0.2) is 48.5 Å². The molecule has 6 nitrogen and oxygen atoms in total. The number of esters is 1. The molecule has 2 aliphatic heterocycles. The van der Waals surface area contributed by atoms with E-state index in [1.54, 1.807) is 12.1 Å². The number of fused-ring (bicyclic) bond motifs is 1. The number of ether oxygens (including phenoxy) is 2. The van der Waals surface area contributed by atoms with Gasteiger partial charge in [0.25, 0.3) is 5.91 Å². The fourth-order valence-corrected chi connectivity index (χ4v) is 3.65. The second-order valence-electron chi connectivity index (χ2n) is 7.09. The number of morpholine rings is 1. The molecular formula is C22H24N2O4. The Labute approximate surface area is 164 Å². The minimum Gasteiger partial charge on any atom is -0.454 e. The summed E-state index contributed by atoms with van der Waals surface area (Å²) in [5.74, 6) is -0.458. The maximum absolute atomic E-state index is 12.5. The van der Waals surface area contributed by atoms with Gasteiger partial charge in [0.2, 0.25) is 0 Å². The zero-order valence-corrected chi connectivity index (χ0v) is 15.7. The quantitative estimate of drug-likeness (QED) is 0.806. The number of rotatable bonds is 5. The lowest BCUT2D eigenvalue weighted by Crippen LogP contribution is -2.41. The largest absolute Gasteiger partial charge is 0.454 e. The molecule has 6 heteroatoms. The molecule has 2 heterocycles. The SMILES string of the molecule is O=C(NCCN1CCOCC1)c1ccc2c(c1)C[C@@H](c1ccccc1)OC2=O. The van der Waals surface area contributed by atoms with Gasteiger partial charge in [0.1, 0.15) is 6.10 Å². The average molecular weight is 380 g/mol. The van der Waals surface area contributed by atoms with Gasteiger partial charge in [-0.15, -0.1) is 0 Å². The summed E-state index contributed by atoms with van der Waals surface area (Å²) in [5, 5.41) is 2.97. The Balaban J connectivity index is 1.41. The van der Waals surface area contributed by atoms with Crippen molar-refractivity contribution in [2.75, 3.05) is 39.4 Å². The number of benzene rings is 2. The van der Waals surface area contributed by atoms with Crippen molar-refractivity contribution in [2.45, 2.75) is 12.5 Å². The molecule has 2 aliphatic rings. The summed E-state index contributed by atoms with van der Waals surface area (Å²) in [6.07, 6.45) is 0.251. The fourth-order valence-electron chi connectivity index (χ4n) is 3.65. The number of nitrogens with one attached hydrogen (secondary N) is 1. The summed E-state index contributed by atoms with van der Waals surface area (Å²) in [6.45, 7) is 4.69. The van der Waals surface area contributed by atoms with Gasteiger partial charge in [-0.1, -0.05) is 30.3 Å². The van der Waals surface area contributed by atoms with Crippen molar-refractivity contribution in [3.8, 4) is 0 Å². The fraction of sp³-hybridized carbons (Fsp3) is 0.364. The van der Waals surface area contributed by atoms with Crippen molar-refractivity contribution in [2.24, 2.45) is 0 Å². The molecule has 0 saturated carbocycles. The van der Waals surface area contributed by atoms with Crippen molar-refractivity contribution in [3.63, 3.8) is 0 Å². The summed E-state index contributed by atoms with van der Waals surface area (Å²) >= 11 is 0. The maximum Gasteiger partial charge on any atom is 0.339 e. The maximum atomic E-state index is 12.5. The number of nitrogens with zero attached hydrogens (tertiary/aromatic N) is 1. The minimum absolute atomic E-state index is 0.119. The Hall–Kier alpha value is -2.70. The second-order valence-corrected chi connectivity index (χ2v) is 7.09. The number of hydrogen-bond donors (Lipinski definition) is 1. The predicted molar refractivity (Wildman–Crippen MR) is 104 cm³/mol. The zero-order chi connectivity index (χ0) is 19.3. The molecule has 2 aromatic carbocycles. The van der Waals surface area contributed by atoms with E-state index in [1.165, 1.54) is 0 Å². The lowest BCUT2D eigenvalue weighted by atomic mass is 9.93. The van der Waals surface area contributed by atoms with Gasteiger partial charge >= 0.3 is 5.97 Å². The Kier molecular flexibility index (Phi) is 5.69. The van der Waals surface area contributed by atoms with Crippen molar-refractivity contribution < 1.29 is 19.1 Å². The van der Waals surface area contributed by atoms with Gasteiger partial charge in [-0.05, 0) is 29.3 Å². The normalized spacial score (nSPS) is 19.6. The first-order chi connectivity index (χ1) is 13.7. The smallest absolute Gasteiger partial charge is 0.339 e. The highest BCUT2D eigenvalue weighted by atomic mass is 16.5. The monoisotopic (exact) mass is 380 g/mol. The predicted octanol–water partition coefficient (Wildman–Crippen LogP) is 2.20. The van der Waals surface area contributed by atoms with Gasteiger partial charge in [-0.25, -0.2) is 4.79 Å². The zero-order valence-electron chi connectivity index (χ0n) is 15.7. The first-order valence-electron chi connectivity index (χ1n) is 9.68. The van der Waals surface area contributed by atoms with E-state index in [0.29, 0.717) is 24.1 Å². The summed E-state index contributed by atoms with van der Waals surface area (Å²) in [4.78, 5) is 27.2. The van der Waals surface area contributed by atoms with E-state index in [4.69, 9.17) is 9.47 Å². The molecule has 146 valence electrons. The third-order valence-corrected chi connectivity index (χ3v) is 5.23. The highest BCUT2D eigenvalue weighted by Crippen LogP contribution is 2.31. The van der Waals surface area contributed by atoms with Crippen molar-refractivity contribution in [3.05, 3.63) is 70.8 Å². The van der Waals surface area contributed by atoms with E-state index >= 15 is 0 Å². The molecule has 28 heavy (non-hydrogen) atoms. The van der Waals surface area contributed by atoms with E-state index in [-0.39, 0.29) is 18.0 Å². The number of cyclic esters (lactones) is 1. The highest BCUT2D eigenvalue weighted by molar-refractivity contribution is 5.97. The van der Waals surface area contributed by atoms with Gasteiger partial charge in [0.15, 0.2) is 0 Å². The number of hydrogen-bond acceptors (Lipinski definition) is 5. The van der Waals surface area contributed by atoms with E-state index in [1.807, 2.05) is 36.4 Å². The Morgan fingerprint density at radius 3 is 2.68 bits per heavy atom. The summed E-state index contributed by atoms with van der Waals surface area (Å²) < 4.78 is 10.9. The van der Waals surface area contributed by atoms with Crippen LogP contribution in [0.3, 0.4) is 0 Å². The van der Waals surface area contributed by atoms with Gasteiger partial charge in [-0.2, -0.15) is 0 Å². The van der Waals surface area contributed by atoms with Crippen LogP contribution in [0.2, 0.25) is 0 Å². The van der Waals surface area contributed by atoms with E-state index in [2.05, 4.69) is 10.2 Å². The van der Waals surface area contributed by atoms with Crippen LogP contribution in [0.1, 0.15) is 37.9 Å². The molecule has 0 unspecified atom stereocenters. The van der Waals surface area contributed by atoms with Gasteiger partial charge < -0.3 is 14.8 Å². The van der Waals surface area contributed by atoms with Crippen LogP contribution >= 0.6 is 0 Å². The lowest BCUT2D eigenvalue weighted by molar-refractivity contribution is 0.0252. The first-order valence-corrected chi connectivity index (χ1v) is 9.68. The second kappa shape index (κ2) is 8.54. The van der Waals surface area contributed by atoms with Crippen molar-refractivity contribution in [1.29, 1.82) is 0 Å². The topological polar surface area (TPSA) is 67.9 Å². The standard InChI is InChI=1S/C22H24N2O4/c25-21(23-8-9-24-10-12-27-13-11-24)17-6-7-19-18(14-17)15-20(28-22(19)26)16-4-2-1-3-5-16/h1-7,14,20H,8-13,15H2,(H,23,25)/t20-/m0/s1. The van der Waals surface area contributed by atoms with Crippen LogP contribution in [0.4, 0.5) is 0 Å². The molecule has 0 bridgehead atoms. The van der Waals surface area contributed by atoms with Crippen LogP contribution in [0.25, 0.3) is 0 Å². The van der Waals surface area contributed by atoms with Crippen LogP contribution < -0.4 is 5.32 Å². The molecule has 1 amide bonds. The van der Waals surface area contributed by atoms with E-state index in [0.717, 1.165) is 44.0 Å². The van der Waals surface area contributed by atoms with Gasteiger partial charge in [0.05, 0.1) is 18.8 Å². The molecule has 1 saturated heterocycles. The van der Waals surface area contributed by atoms with Crippen molar-refractivity contribution >= 4 is 11.9 Å². The van der Waals surface area contributed by atoms with Crippen LogP contribution in [0, 0.1) is 0 Å². The third-order valence-electron chi connectivity index (χ3n) is 5.23. The lowest BCUT2D eigenvalue weighted by Gasteiger charge is -2.26. The van der Waals surface area contributed by atoms with Crippen molar-refractivity contribution in [1.82, 2.24) is 10.2 Å². The minimum atomic E-state index is -0.339. The molecule has 1 N–H and O–H groups in total. The van der Waals surface area contributed by atoms with Crippen LogP contribution in [0.5, 0.6) is 0 Å². The molecule has 4 rings (SSSR count). The number of carbonyl (C=O) groups is 2. The van der Waals surface area contributed by atoms with E-state index in [9.17, 15) is 9.59 Å². The Bertz CT molecular complexity index is 847. The molecule has 2 aromatic rings. The molecule has 1 fully saturated rings. The van der Waals surface area contributed by atoms with Gasteiger partial charge in [0, 0.05) is 38.2 Å². The number of amides is 1. The van der Waals surface area contributed by atoms with E-state index < -0.39 is 0 Å². The summed E-state index contributed by atoms with van der Waals surface area (Å²) in [5.41, 5.74) is 2.92. The third kappa shape index (κ3) is 4.24. The molecule has 0 aliphatic carbocycles.